The van der Waals surface area contributed by atoms with Gasteiger partial charge in [0, 0.05) is 26.3 Å². The molecule has 3 rings (SSSR count). The molecule has 0 saturated heterocycles. The van der Waals surface area contributed by atoms with E-state index >= 15 is 0 Å². The van der Waals surface area contributed by atoms with E-state index < -0.39 is 10.0 Å². The van der Waals surface area contributed by atoms with Gasteiger partial charge in [-0.15, -0.1) is 0 Å². The number of sulfonamides is 1. The Morgan fingerprint density at radius 1 is 1.10 bits per heavy atom. The first-order chi connectivity index (χ1) is 9.98. The number of nitrogens with zero attached hydrogens (tertiary/aromatic N) is 1. The number of benzene rings is 1. The maximum atomic E-state index is 12.0. The van der Waals surface area contributed by atoms with Crippen LogP contribution in [0.1, 0.15) is 25.7 Å². The fraction of sp³-hybridized carbons (Fsp3) is 0.625. The van der Waals surface area contributed by atoms with Crippen LogP contribution in [0.4, 0.5) is 5.69 Å². The molecule has 0 radical (unpaired) electrons. The molecule has 1 aromatic rings. The van der Waals surface area contributed by atoms with Gasteiger partial charge in [-0.1, -0.05) is 0 Å². The van der Waals surface area contributed by atoms with Crippen molar-refractivity contribution in [3.05, 3.63) is 24.3 Å². The monoisotopic (exact) mass is 308 g/mol. The molecule has 21 heavy (non-hydrogen) atoms. The molecule has 5 heteroatoms. The third-order valence-electron chi connectivity index (χ3n) is 4.63. The Morgan fingerprint density at radius 2 is 1.62 bits per heavy atom. The second-order valence-corrected chi connectivity index (χ2v) is 8.68. The summed E-state index contributed by atoms with van der Waals surface area (Å²) in [4.78, 5) is 0.346. The smallest absolute Gasteiger partial charge is 0.242 e. The van der Waals surface area contributed by atoms with Crippen molar-refractivity contribution in [2.75, 3.05) is 26.0 Å². The molecule has 2 saturated carbocycles. The molecule has 0 spiro atoms. The molecule has 0 aliphatic heterocycles. The molecule has 0 bridgehead atoms. The van der Waals surface area contributed by atoms with Gasteiger partial charge in [0.1, 0.15) is 0 Å². The van der Waals surface area contributed by atoms with Crippen LogP contribution in [0.5, 0.6) is 0 Å². The van der Waals surface area contributed by atoms with E-state index in [0.717, 1.165) is 30.0 Å². The lowest BCUT2D eigenvalue weighted by Gasteiger charge is -2.17. The number of hydrogen-bond acceptors (Lipinski definition) is 3. The molecular formula is C16H24N2O2S. The van der Waals surface area contributed by atoms with Crippen LogP contribution in [0, 0.1) is 17.8 Å². The van der Waals surface area contributed by atoms with E-state index in [-0.39, 0.29) is 0 Å². The molecule has 1 aromatic carbocycles. The van der Waals surface area contributed by atoms with E-state index in [0.29, 0.717) is 4.90 Å². The zero-order chi connectivity index (χ0) is 15.0. The highest BCUT2D eigenvalue weighted by Gasteiger charge is 2.40. The second-order valence-electron chi connectivity index (χ2n) is 6.53. The van der Waals surface area contributed by atoms with Gasteiger partial charge in [0.25, 0.3) is 0 Å². The summed E-state index contributed by atoms with van der Waals surface area (Å²) in [6.45, 7) is 1.02. The summed E-state index contributed by atoms with van der Waals surface area (Å²) in [6.07, 6.45) is 5.57. The lowest BCUT2D eigenvalue weighted by Crippen LogP contribution is -2.22. The zero-order valence-corrected chi connectivity index (χ0v) is 13.6. The van der Waals surface area contributed by atoms with E-state index in [1.165, 1.54) is 30.0 Å². The molecule has 0 aromatic heterocycles. The number of anilines is 1. The Bertz CT molecular complexity index is 575. The minimum atomic E-state index is -3.33. The minimum absolute atomic E-state index is 0.346. The van der Waals surface area contributed by atoms with E-state index in [4.69, 9.17) is 0 Å². The molecule has 0 unspecified atom stereocenters. The zero-order valence-electron chi connectivity index (χ0n) is 12.7. The van der Waals surface area contributed by atoms with Crippen molar-refractivity contribution in [1.82, 2.24) is 4.31 Å². The van der Waals surface area contributed by atoms with Crippen LogP contribution >= 0.6 is 0 Å². The highest BCUT2D eigenvalue weighted by Crippen LogP contribution is 2.49. The predicted molar refractivity (Wildman–Crippen MR) is 84.7 cm³/mol. The lowest BCUT2D eigenvalue weighted by atomic mass is 9.98. The van der Waals surface area contributed by atoms with Gasteiger partial charge in [-0.3, -0.25) is 0 Å². The maximum absolute atomic E-state index is 12.0. The van der Waals surface area contributed by atoms with Crippen molar-refractivity contribution in [3.8, 4) is 0 Å². The molecule has 0 heterocycles. The van der Waals surface area contributed by atoms with E-state index in [9.17, 15) is 8.42 Å². The lowest BCUT2D eigenvalue weighted by molar-refractivity contribution is 0.428. The molecule has 2 fully saturated rings. The van der Waals surface area contributed by atoms with Crippen LogP contribution in [-0.2, 0) is 10.0 Å². The third kappa shape index (κ3) is 3.40. The quantitative estimate of drug-likeness (QED) is 0.842. The van der Waals surface area contributed by atoms with Gasteiger partial charge < -0.3 is 5.32 Å². The summed E-state index contributed by atoms with van der Waals surface area (Å²) in [5.74, 6) is 2.67. The SMILES string of the molecule is CN(C)S(=O)(=O)c1ccc(NCC(C2CC2)C2CC2)cc1. The fourth-order valence-electron chi connectivity index (χ4n) is 2.96. The van der Waals surface area contributed by atoms with Crippen LogP contribution < -0.4 is 5.32 Å². The van der Waals surface area contributed by atoms with Gasteiger partial charge in [0.2, 0.25) is 10.0 Å². The molecule has 116 valence electrons. The second kappa shape index (κ2) is 5.61. The van der Waals surface area contributed by atoms with Gasteiger partial charge in [-0.05, 0) is 67.7 Å². The summed E-state index contributed by atoms with van der Waals surface area (Å²) in [7, 11) is -0.220. The van der Waals surface area contributed by atoms with Crippen molar-refractivity contribution in [2.24, 2.45) is 17.8 Å². The molecule has 0 amide bonds. The van der Waals surface area contributed by atoms with Crippen LogP contribution in [0.3, 0.4) is 0 Å². The van der Waals surface area contributed by atoms with E-state index in [1.54, 1.807) is 26.2 Å². The topological polar surface area (TPSA) is 49.4 Å². The Labute approximate surface area is 127 Å². The summed E-state index contributed by atoms with van der Waals surface area (Å²) in [5.41, 5.74) is 1.01. The Morgan fingerprint density at radius 3 is 2.05 bits per heavy atom. The van der Waals surface area contributed by atoms with Crippen LogP contribution in [0.15, 0.2) is 29.2 Å². The van der Waals surface area contributed by atoms with Crippen LogP contribution in [-0.4, -0.2) is 33.4 Å². The third-order valence-corrected chi connectivity index (χ3v) is 6.46. The maximum Gasteiger partial charge on any atom is 0.242 e. The van der Waals surface area contributed by atoms with E-state index in [1.807, 2.05) is 12.1 Å². The van der Waals surface area contributed by atoms with Crippen molar-refractivity contribution >= 4 is 15.7 Å². The Kier molecular flexibility index (Phi) is 3.97. The van der Waals surface area contributed by atoms with Gasteiger partial charge in [-0.2, -0.15) is 0 Å². The van der Waals surface area contributed by atoms with Crippen molar-refractivity contribution < 1.29 is 8.42 Å². The average Bonchev–Trinajstić information content (AvgIpc) is 3.33. The normalized spacial score (nSPS) is 19.2. The highest BCUT2D eigenvalue weighted by molar-refractivity contribution is 7.89. The van der Waals surface area contributed by atoms with Crippen LogP contribution in [0.25, 0.3) is 0 Å². The largest absolute Gasteiger partial charge is 0.385 e. The minimum Gasteiger partial charge on any atom is -0.385 e. The fourth-order valence-corrected chi connectivity index (χ4v) is 3.86. The van der Waals surface area contributed by atoms with E-state index in [2.05, 4.69) is 5.32 Å². The summed E-state index contributed by atoms with van der Waals surface area (Å²) in [6, 6.07) is 7.10. The Hall–Kier alpha value is -1.07. The summed E-state index contributed by atoms with van der Waals surface area (Å²) >= 11 is 0. The standard InChI is InChI=1S/C16H24N2O2S/c1-18(2)21(19,20)15-9-7-14(8-10-15)17-11-16(12-3-4-12)13-5-6-13/h7-10,12-13,16-17H,3-6,11H2,1-2H3. The first-order valence-electron chi connectivity index (χ1n) is 7.75. The average molecular weight is 308 g/mol. The van der Waals surface area contributed by atoms with Gasteiger partial charge in [-0.25, -0.2) is 12.7 Å². The van der Waals surface area contributed by atoms with Crippen molar-refractivity contribution in [2.45, 2.75) is 30.6 Å². The summed E-state index contributed by atoms with van der Waals surface area (Å²) in [5, 5.41) is 3.49. The molecular weight excluding hydrogens is 284 g/mol. The Balaban J connectivity index is 1.62. The molecule has 1 N–H and O–H groups in total. The first-order valence-corrected chi connectivity index (χ1v) is 9.19. The molecule has 2 aliphatic rings. The van der Waals surface area contributed by atoms with Crippen LogP contribution in [0.2, 0.25) is 0 Å². The van der Waals surface area contributed by atoms with Gasteiger partial charge in [0.05, 0.1) is 4.90 Å². The van der Waals surface area contributed by atoms with Gasteiger partial charge >= 0.3 is 0 Å². The van der Waals surface area contributed by atoms with Crippen molar-refractivity contribution in [3.63, 3.8) is 0 Å². The number of nitrogens with one attached hydrogen (secondary N) is 1. The number of hydrogen-bond donors (Lipinski definition) is 1. The first kappa shape index (κ1) is 14.9. The molecule has 4 nitrogen and oxygen atoms in total. The predicted octanol–water partition coefficient (Wildman–Crippen LogP) is 2.79. The molecule has 0 atom stereocenters. The van der Waals surface area contributed by atoms with Gasteiger partial charge in [0.15, 0.2) is 0 Å². The molecule has 2 aliphatic carbocycles. The summed E-state index contributed by atoms with van der Waals surface area (Å²) < 4.78 is 25.3. The number of rotatable bonds is 7. The highest BCUT2D eigenvalue weighted by atomic mass is 32.2. The van der Waals surface area contributed by atoms with Crippen molar-refractivity contribution in [1.29, 1.82) is 0 Å².